The van der Waals surface area contributed by atoms with E-state index >= 15 is 0 Å². The Labute approximate surface area is 163 Å². The second-order valence-corrected chi connectivity index (χ2v) is 7.14. The van der Waals surface area contributed by atoms with Gasteiger partial charge in [0.2, 0.25) is 0 Å². The Morgan fingerprint density at radius 2 is 1.69 bits per heavy atom. The van der Waals surface area contributed by atoms with Crippen LogP contribution in [0.4, 0.5) is 0 Å². The lowest BCUT2D eigenvalue weighted by Gasteiger charge is -2.14. The second-order valence-electron chi connectivity index (χ2n) is 6.23. The van der Waals surface area contributed by atoms with E-state index in [0.29, 0.717) is 24.6 Å². The molecule has 5 nitrogen and oxygen atoms in total. The van der Waals surface area contributed by atoms with E-state index in [0.717, 1.165) is 27.9 Å². The Balaban J connectivity index is 1.75. The van der Waals surface area contributed by atoms with Crippen LogP contribution in [-0.4, -0.2) is 40.3 Å². The van der Waals surface area contributed by atoms with Gasteiger partial charge in [-0.25, -0.2) is 0 Å². The van der Waals surface area contributed by atoms with Gasteiger partial charge < -0.3 is 19.7 Å². The van der Waals surface area contributed by atoms with E-state index in [1.165, 1.54) is 5.56 Å². The van der Waals surface area contributed by atoms with Gasteiger partial charge in [0.1, 0.15) is 6.54 Å². The molecule has 0 spiro atoms. The zero-order valence-electron chi connectivity index (χ0n) is 15.5. The Morgan fingerprint density at radius 3 is 2.35 bits per heavy atom. The van der Waals surface area contributed by atoms with Crippen LogP contribution < -0.4 is 19.7 Å². The molecule has 0 aliphatic heterocycles. The fourth-order valence-corrected chi connectivity index (χ4v) is 3.00. The van der Waals surface area contributed by atoms with E-state index in [-0.39, 0.29) is 5.91 Å². The molecule has 6 heteroatoms. The third-order valence-corrected chi connectivity index (χ3v) is 4.59. The average Bonchev–Trinajstić information content (AvgIpc) is 2.63. The number of hydrogen-bond donors (Lipinski definition) is 2. The smallest absolute Gasteiger partial charge is 0.275 e. The maximum absolute atomic E-state index is 12.1. The van der Waals surface area contributed by atoms with Crippen LogP contribution in [0.25, 0.3) is 0 Å². The molecular weight excluding hydrogens is 396 g/mol. The van der Waals surface area contributed by atoms with Gasteiger partial charge in [0.15, 0.2) is 18.0 Å². The van der Waals surface area contributed by atoms with Crippen LogP contribution in [0.2, 0.25) is 0 Å². The summed E-state index contributed by atoms with van der Waals surface area (Å²) in [4.78, 5) is 13.3. The monoisotopic (exact) mass is 421 g/mol. The number of carbonyl (C=O) groups is 1. The summed E-state index contributed by atoms with van der Waals surface area (Å²) in [5.74, 6) is 1.47. The van der Waals surface area contributed by atoms with Crippen molar-refractivity contribution in [3.05, 3.63) is 58.1 Å². The quantitative estimate of drug-likeness (QED) is 0.649. The number of nitrogens with one attached hydrogen (secondary N) is 2. The van der Waals surface area contributed by atoms with Crippen LogP contribution in [0.5, 0.6) is 11.5 Å². The summed E-state index contributed by atoms with van der Waals surface area (Å²) in [6.45, 7) is 1.86. The molecule has 0 bridgehead atoms. The topological polar surface area (TPSA) is 52.0 Å². The first-order valence-electron chi connectivity index (χ1n) is 8.55. The van der Waals surface area contributed by atoms with Crippen molar-refractivity contribution in [1.29, 1.82) is 0 Å². The van der Waals surface area contributed by atoms with Crippen LogP contribution >= 0.6 is 15.9 Å². The number of methoxy groups -OCH3 is 2. The Morgan fingerprint density at radius 1 is 1.04 bits per heavy atom. The highest BCUT2D eigenvalue weighted by molar-refractivity contribution is 9.10. The van der Waals surface area contributed by atoms with Crippen LogP contribution in [0.3, 0.4) is 0 Å². The third kappa shape index (κ3) is 6.35. The molecule has 2 rings (SSSR count). The van der Waals surface area contributed by atoms with Crippen molar-refractivity contribution in [3.8, 4) is 11.5 Å². The minimum Gasteiger partial charge on any atom is -0.493 e. The summed E-state index contributed by atoms with van der Waals surface area (Å²) in [5, 5.41) is 2.98. The number of likely N-dealkylation sites (N-methyl/N-ethyl adjacent to an activating group) is 1. The van der Waals surface area contributed by atoms with E-state index in [1.54, 1.807) is 14.2 Å². The normalized spacial score (nSPS) is 11.7. The molecule has 2 N–H and O–H groups in total. The van der Waals surface area contributed by atoms with Gasteiger partial charge in [0, 0.05) is 16.6 Å². The first kappa shape index (κ1) is 20.3. The standard InChI is InChI=1S/C20H25BrN2O3/c1-23(13-16-4-7-17(21)8-5-16)14-20(24)22-11-10-15-6-9-18(25-2)19(12-15)26-3/h4-9,12H,10-11,13-14H2,1-3H3,(H,22,24)/p+1. The van der Waals surface area contributed by atoms with Gasteiger partial charge in [-0.2, -0.15) is 0 Å². The summed E-state index contributed by atoms with van der Waals surface area (Å²) >= 11 is 3.43. The van der Waals surface area contributed by atoms with Gasteiger partial charge in [-0.1, -0.05) is 34.1 Å². The summed E-state index contributed by atoms with van der Waals surface area (Å²) in [6, 6.07) is 14.0. The largest absolute Gasteiger partial charge is 0.493 e. The molecule has 0 fully saturated rings. The van der Waals surface area contributed by atoms with Crippen LogP contribution in [0.1, 0.15) is 11.1 Å². The van der Waals surface area contributed by atoms with Gasteiger partial charge >= 0.3 is 0 Å². The molecule has 0 heterocycles. The number of quaternary nitrogens is 1. The molecule has 26 heavy (non-hydrogen) atoms. The first-order valence-corrected chi connectivity index (χ1v) is 9.34. The third-order valence-electron chi connectivity index (χ3n) is 4.07. The lowest BCUT2D eigenvalue weighted by Crippen LogP contribution is -3.08. The van der Waals surface area contributed by atoms with Crippen molar-refractivity contribution in [2.45, 2.75) is 13.0 Å². The lowest BCUT2D eigenvalue weighted by molar-refractivity contribution is -0.885. The molecule has 1 unspecified atom stereocenters. The number of amides is 1. The molecule has 0 saturated heterocycles. The first-order chi connectivity index (χ1) is 12.5. The molecule has 0 aromatic heterocycles. The van der Waals surface area contributed by atoms with Crippen molar-refractivity contribution in [2.75, 3.05) is 34.4 Å². The zero-order valence-corrected chi connectivity index (χ0v) is 17.1. The van der Waals surface area contributed by atoms with Gasteiger partial charge in [-0.15, -0.1) is 0 Å². The maximum Gasteiger partial charge on any atom is 0.275 e. The van der Waals surface area contributed by atoms with E-state index in [9.17, 15) is 4.79 Å². The fourth-order valence-electron chi connectivity index (χ4n) is 2.73. The number of ether oxygens (including phenoxy) is 2. The van der Waals surface area contributed by atoms with Crippen molar-refractivity contribution >= 4 is 21.8 Å². The van der Waals surface area contributed by atoms with E-state index in [4.69, 9.17) is 9.47 Å². The predicted octanol–water partition coefficient (Wildman–Crippen LogP) is 1.84. The summed E-state index contributed by atoms with van der Waals surface area (Å²) in [7, 11) is 5.26. The average molecular weight is 422 g/mol. The molecule has 0 aliphatic rings. The summed E-state index contributed by atoms with van der Waals surface area (Å²) < 4.78 is 11.6. The molecule has 1 atom stereocenters. The van der Waals surface area contributed by atoms with Crippen molar-refractivity contribution < 1.29 is 19.2 Å². The molecular formula is C20H26BrN2O3+. The Bertz CT molecular complexity index is 719. The van der Waals surface area contributed by atoms with Gasteiger partial charge in [0.25, 0.3) is 5.91 Å². The Hall–Kier alpha value is -2.05. The van der Waals surface area contributed by atoms with E-state index in [2.05, 4.69) is 33.4 Å². The van der Waals surface area contributed by atoms with E-state index < -0.39 is 0 Å². The van der Waals surface area contributed by atoms with Gasteiger partial charge in [0.05, 0.1) is 21.3 Å². The number of hydrogen-bond acceptors (Lipinski definition) is 3. The maximum atomic E-state index is 12.1. The molecule has 140 valence electrons. The number of carbonyl (C=O) groups excluding carboxylic acids is 1. The number of rotatable bonds is 9. The van der Waals surface area contributed by atoms with Crippen LogP contribution in [0.15, 0.2) is 46.9 Å². The predicted molar refractivity (Wildman–Crippen MR) is 106 cm³/mol. The summed E-state index contributed by atoms with van der Waals surface area (Å²) in [6.07, 6.45) is 0.748. The highest BCUT2D eigenvalue weighted by atomic mass is 79.9. The van der Waals surface area contributed by atoms with Crippen LogP contribution in [-0.2, 0) is 17.8 Å². The van der Waals surface area contributed by atoms with Crippen molar-refractivity contribution in [2.24, 2.45) is 0 Å². The van der Waals surface area contributed by atoms with Crippen LogP contribution in [0, 0.1) is 0 Å². The molecule has 0 saturated carbocycles. The molecule has 2 aromatic carbocycles. The molecule has 0 radical (unpaired) electrons. The molecule has 2 aromatic rings. The minimum absolute atomic E-state index is 0.0556. The number of benzene rings is 2. The highest BCUT2D eigenvalue weighted by Gasteiger charge is 2.11. The second kappa shape index (κ2) is 10.2. The zero-order chi connectivity index (χ0) is 18.9. The van der Waals surface area contributed by atoms with Crippen molar-refractivity contribution in [3.63, 3.8) is 0 Å². The molecule has 1 amide bonds. The fraction of sp³-hybridized carbons (Fsp3) is 0.350. The Kier molecular flexibility index (Phi) is 7.94. The van der Waals surface area contributed by atoms with E-state index in [1.807, 2.05) is 37.4 Å². The van der Waals surface area contributed by atoms with Gasteiger partial charge in [-0.3, -0.25) is 4.79 Å². The van der Waals surface area contributed by atoms with Crippen molar-refractivity contribution in [1.82, 2.24) is 5.32 Å². The van der Waals surface area contributed by atoms with Gasteiger partial charge in [-0.05, 0) is 36.2 Å². The molecule has 0 aliphatic carbocycles. The lowest BCUT2D eigenvalue weighted by atomic mass is 10.1. The SMILES string of the molecule is COc1ccc(CCNC(=O)C[NH+](C)Cc2ccc(Br)cc2)cc1OC. The summed E-state index contributed by atoms with van der Waals surface area (Å²) in [5.41, 5.74) is 2.31. The number of halogens is 1. The minimum atomic E-state index is 0.0556. The highest BCUT2D eigenvalue weighted by Crippen LogP contribution is 2.27.